The van der Waals surface area contributed by atoms with Crippen molar-refractivity contribution in [2.75, 3.05) is 7.11 Å². The summed E-state index contributed by atoms with van der Waals surface area (Å²) in [7, 11) is 1.55. The highest BCUT2D eigenvalue weighted by atomic mass is 19.4. The highest BCUT2D eigenvalue weighted by Crippen LogP contribution is 2.29. The molecule has 0 fully saturated rings. The van der Waals surface area contributed by atoms with Gasteiger partial charge >= 0.3 is 6.36 Å². The van der Waals surface area contributed by atoms with Crippen molar-refractivity contribution in [1.29, 1.82) is 0 Å². The minimum atomic E-state index is -4.74. The van der Waals surface area contributed by atoms with Gasteiger partial charge in [0.25, 0.3) is 0 Å². The predicted octanol–water partition coefficient (Wildman–Crippen LogP) is 5.47. The molecule has 0 radical (unpaired) electrons. The average molecular weight is 426 g/mol. The van der Waals surface area contributed by atoms with Crippen LogP contribution in [0.3, 0.4) is 0 Å². The zero-order chi connectivity index (χ0) is 22.2. The van der Waals surface area contributed by atoms with Gasteiger partial charge in [0.15, 0.2) is 5.43 Å². The molecule has 0 amide bonds. The van der Waals surface area contributed by atoms with Gasteiger partial charge in [-0.05, 0) is 42.8 Å². The Bertz CT molecular complexity index is 1310. The van der Waals surface area contributed by atoms with Crippen LogP contribution >= 0.6 is 0 Å². The van der Waals surface area contributed by atoms with Gasteiger partial charge in [-0.3, -0.25) is 9.78 Å². The van der Waals surface area contributed by atoms with Crippen molar-refractivity contribution in [3.63, 3.8) is 0 Å². The first-order chi connectivity index (χ1) is 14.7. The molecule has 2 heterocycles. The predicted molar refractivity (Wildman–Crippen MR) is 111 cm³/mol. The van der Waals surface area contributed by atoms with Gasteiger partial charge in [-0.1, -0.05) is 12.1 Å². The summed E-state index contributed by atoms with van der Waals surface area (Å²) in [6.45, 7) is 1.73. The van der Waals surface area contributed by atoms with Gasteiger partial charge in [-0.25, -0.2) is 0 Å². The van der Waals surface area contributed by atoms with Crippen LogP contribution in [-0.4, -0.2) is 23.4 Å². The Kier molecular flexibility index (Phi) is 5.14. The number of nitrogens with zero attached hydrogens (tertiary/aromatic N) is 1. The Morgan fingerprint density at radius 3 is 2.26 bits per heavy atom. The smallest absolute Gasteiger partial charge is 0.497 e. The van der Waals surface area contributed by atoms with E-state index in [1.165, 1.54) is 24.3 Å². The number of ether oxygens (including phenoxy) is 2. The molecule has 0 bridgehead atoms. The van der Waals surface area contributed by atoms with Gasteiger partial charge in [-0.15, -0.1) is 13.2 Å². The molecule has 8 heteroatoms. The molecular weight excluding hydrogens is 409 g/mol. The Hall–Kier alpha value is -3.81. The minimum Gasteiger partial charge on any atom is -0.497 e. The molecule has 1 N–H and O–H groups in total. The topological polar surface area (TPSA) is 64.2 Å². The van der Waals surface area contributed by atoms with Crippen molar-refractivity contribution in [3.8, 4) is 33.9 Å². The lowest BCUT2D eigenvalue weighted by molar-refractivity contribution is -0.274. The first-order valence-corrected chi connectivity index (χ1v) is 9.27. The van der Waals surface area contributed by atoms with E-state index in [4.69, 9.17) is 4.74 Å². The van der Waals surface area contributed by atoms with Crippen molar-refractivity contribution in [2.24, 2.45) is 0 Å². The van der Waals surface area contributed by atoms with Crippen molar-refractivity contribution in [2.45, 2.75) is 13.3 Å². The van der Waals surface area contributed by atoms with Gasteiger partial charge in [0.1, 0.15) is 11.5 Å². The summed E-state index contributed by atoms with van der Waals surface area (Å²) in [4.78, 5) is 20.4. The number of aromatic nitrogens is 2. The Morgan fingerprint density at radius 2 is 1.58 bits per heavy atom. The fourth-order valence-electron chi connectivity index (χ4n) is 3.37. The molecule has 4 rings (SSSR count). The first-order valence-electron chi connectivity index (χ1n) is 9.27. The van der Waals surface area contributed by atoms with E-state index in [9.17, 15) is 18.0 Å². The summed E-state index contributed by atoms with van der Waals surface area (Å²) < 4.78 is 46.2. The van der Waals surface area contributed by atoms with Crippen molar-refractivity contribution >= 4 is 10.9 Å². The highest BCUT2D eigenvalue weighted by Gasteiger charge is 2.31. The third-order valence-electron chi connectivity index (χ3n) is 4.89. The van der Waals surface area contributed by atoms with Gasteiger partial charge in [-0.2, -0.15) is 0 Å². The highest BCUT2D eigenvalue weighted by molar-refractivity contribution is 5.84. The minimum absolute atomic E-state index is 0.106. The second-order valence-electron chi connectivity index (χ2n) is 6.90. The van der Waals surface area contributed by atoms with Gasteiger partial charge in [0, 0.05) is 40.5 Å². The van der Waals surface area contributed by atoms with E-state index in [0.717, 1.165) is 0 Å². The molecule has 0 aliphatic rings. The van der Waals surface area contributed by atoms with E-state index in [-0.39, 0.29) is 11.2 Å². The molecule has 0 spiro atoms. The molecule has 2 aromatic carbocycles. The number of methoxy groups -OCH3 is 1. The fourth-order valence-corrected chi connectivity index (χ4v) is 3.37. The third-order valence-corrected chi connectivity index (χ3v) is 4.89. The summed E-state index contributed by atoms with van der Waals surface area (Å²) >= 11 is 0. The van der Waals surface area contributed by atoms with E-state index in [1.54, 1.807) is 44.6 Å². The number of pyridine rings is 2. The number of halogens is 3. The molecule has 0 aliphatic carbocycles. The van der Waals surface area contributed by atoms with Gasteiger partial charge in [0.05, 0.1) is 18.3 Å². The zero-order valence-corrected chi connectivity index (χ0v) is 16.6. The molecule has 0 atom stereocenters. The van der Waals surface area contributed by atoms with Crippen LogP contribution in [0.1, 0.15) is 5.56 Å². The van der Waals surface area contributed by atoms with Crippen LogP contribution in [0.2, 0.25) is 0 Å². The van der Waals surface area contributed by atoms with Crippen LogP contribution in [0, 0.1) is 6.92 Å². The molecule has 0 aliphatic heterocycles. The molecule has 2 aromatic heterocycles. The lowest BCUT2D eigenvalue weighted by Crippen LogP contribution is -2.16. The van der Waals surface area contributed by atoms with Crippen molar-refractivity contribution in [3.05, 3.63) is 76.7 Å². The number of nitrogens with one attached hydrogen (secondary N) is 1. The summed E-state index contributed by atoms with van der Waals surface area (Å²) in [5, 5.41) is 0.548. The lowest BCUT2D eigenvalue weighted by atomic mass is 10.0. The van der Waals surface area contributed by atoms with Crippen LogP contribution in [0.15, 0.2) is 65.7 Å². The van der Waals surface area contributed by atoms with E-state index < -0.39 is 6.36 Å². The SMILES string of the molecule is COc1ccc2c(=O)c(C)c(-c3cncc(-c4ccc(OC(F)(F)F)cc4)c3)[nH]c2c1. The van der Waals surface area contributed by atoms with Crippen LogP contribution in [0.4, 0.5) is 13.2 Å². The number of benzene rings is 2. The van der Waals surface area contributed by atoms with Crippen LogP contribution in [0.25, 0.3) is 33.3 Å². The first kappa shape index (κ1) is 20.5. The van der Waals surface area contributed by atoms with Crippen molar-refractivity contribution < 1.29 is 22.6 Å². The molecule has 158 valence electrons. The maximum Gasteiger partial charge on any atom is 0.573 e. The van der Waals surface area contributed by atoms with Crippen LogP contribution < -0.4 is 14.9 Å². The van der Waals surface area contributed by atoms with Gasteiger partial charge < -0.3 is 14.5 Å². The number of fused-ring (bicyclic) bond motifs is 1. The molecule has 4 aromatic rings. The number of hydrogen-bond acceptors (Lipinski definition) is 4. The van der Waals surface area contributed by atoms with E-state index >= 15 is 0 Å². The average Bonchev–Trinajstić information content (AvgIpc) is 2.75. The lowest BCUT2D eigenvalue weighted by Gasteiger charge is -2.12. The maximum absolute atomic E-state index is 12.8. The second kappa shape index (κ2) is 7.79. The number of rotatable bonds is 4. The fraction of sp³-hybridized carbons (Fsp3) is 0.130. The van der Waals surface area contributed by atoms with Crippen LogP contribution in [0.5, 0.6) is 11.5 Å². The Balaban J connectivity index is 1.75. The van der Waals surface area contributed by atoms with Gasteiger partial charge in [0.2, 0.25) is 0 Å². The normalized spacial score (nSPS) is 11.5. The monoisotopic (exact) mass is 426 g/mol. The largest absolute Gasteiger partial charge is 0.573 e. The molecule has 31 heavy (non-hydrogen) atoms. The maximum atomic E-state index is 12.8. The number of H-pyrrole nitrogens is 1. The van der Waals surface area contributed by atoms with E-state index in [2.05, 4.69) is 14.7 Å². The standard InChI is InChI=1S/C23H17F3N2O3/c1-13-21(28-20-10-18(30-2)7-8-19(20)22(13)29)16-9-15(11-27-12-16)14-3-5-17(6-4-14)31-23(24,25)26/h3-12H,1-2H3,(H,28,29). The van der Waals surface area contributed by atoms with Crippen molar-refractivity contribution in [1.82, 2.24) is 9.97 Å². The van der Waals surface area contributed by atoms with Crippen LogP contribution in [-0.2, 0) is 0 Å². The Morgan fingerprint density at radius 1 is 0.903 bits per heavy atom. The molecule has 0 unspecified atom stereocenters. The summed E-state index contributed by atoms with van der Waals surface area (Å²) in [5.41, 5.74) is 3.68. The number of hydrogen-bond donors (Lipinski definition) is 1. The number of alkyl halides is 3. The quantitative estimate of drug-likeness (QED) is 0.470. The zero-order valence-electron chi connectivity index (χ0n) is 16.6. The third kappa shape index (κ3) is 4.23. The summed E-state index contributed by atoms with van der Waals surface area (Å²) in [5.74, 6) is 0.315. The Labute approximate surface area is 175 Å². The molecule has 5 nitrogen and oxygen atoms in total. The van der Waals surface area contributed by atoms with E-state index in [1.807, 2.05) is 6.07 Å². The summed E-state index contributed by atoms with van der Waals surface area (Å²) in [6, 6.07) is 12.5. The molecular formula is C23H17F3N2O3. The molecule has 0 saturated carbocycles. The summed E-state index contributed by atoms with van der Waals surface area (Å²) in [6.07, 6.45) is -1.53. The van der Waals surface area contributed by atoms with E-state index in [0.29, 0.717) is 44.6 Å². The number of aromatic amines is 1. The second-order valence-corrected chi connectivity index (χ2v) is 6.90. The molecule has 0 saturated heterocycles.